The van der Waals surface area contributed by atoms with Crippen LogP contribution >= 0.6 is 11.8 Å². The molecule has 0 bridgehead atoms. The van der Waals surface area contributed by atoms with E-state index in [1.807, 2.05) is 0 Å². The zero-order valence-electron chi connectivity index (χ0n) is 7.38. The van der Waals surface area contributed by atoms with Gasteiger partial charge in [-0.15, -0.1) is 11.8 Å². The highest BCUT2D eigenvalue weighted by atomic mass is 32.2. The van der Waals surface area contributed by atoms with Crippen LogP contribution in [0.15, 0.2) is 22.0 Å². The molecule has 0 saturated heterocycles. The maximum atomic E-state index is 13.4. The van der Waals surface area contributed by atoms with Gasteiger partial charge in [-0.2, -0.15) is 0 Å². The van der Waals surface area contributed by atoms with Crippen LogP contribution in [-0.4, -0.2) is 12.3 Å². The SMILES string of the molecule is CSc1ccc(F)c(CN=C=O)c1F. The van der Waals surface area contributed by atoms with Crippen molar-refractivity contribution in [1.82, 2.24) is 0 Å². The van der Waals surface area contributed by atoms with E-state index in [9.17, 15) is 13.6 Å². The van der Waals surface area contributed by atoms with Crippen molar-refractivity contribution in [3.63, 3.8) is 0 Å². The van der Waals surface area contributed by atoms with E-state index in [1.165, 1.54) is 23.9 Å². The van der Waals surface area contributed by atoms with Gasteiger partial charge in [-0.1, -0.05) is 0 Å². The van der Waals surface area contributed by atoms with Crippen molar-refractivity contribution >= 4 is 17.8 Å². The van der Waals surface area contributed by atoms with Crippen LogP contribution in [0.2, 0.25) is 0 Å². The fourth-order valence-corrected chi connectivity index (χ4v) is 1.50. The van der Waals surface area contributed by atoms with E-state index in [1.54, 1.807) is 6.26 Å². The average molecular weight is 215 g/mol. The van der Waals surface area contributed by atoms with Gasteiger partial charge >= 0.3 is 0 Å². The molecule has 5 heteroatoms. The number of halogens is 2. The van der Waals surface area contributed by atoms with Crippen LogP contribution in [0.4, 0.5) is 8.78 Å². The lowest BCUT2D eigenvalue weighted by Crippen LogP contribution is -1.96. The second-order valence-electron chi connectivity index (χ2n) is 2.45. The first-order valence-corrected chi connectivity index (χ1v) is 4.97. The van der Waals surface area contributed by atoms with Crippen LogP contribution in [0.5, 0.6) is 0 Å². The molecular weight excluding hydrogens is 208 g/mol. The smallest absolute Gasteiger partial charge is 0.211 e. The molecule has 0 amide bonds. The van der Waals surface area contributed by atoms with Crippen molar-refractivity contribution in [3.05, 3.63) is 29.3 Å². The zero-order chi connectivity index (χ0) is 10.6. The standard InChI is InChI=1S/C9H7F2NOS/c1-14-8-3-2-7(10)6(9(8)11)4-12-5-13/h2-3H,4H2,1H3. The lowest BCUT2D eigenvalue weighted by Gasteiger charge is -2.04. The highest BCUT2D eigenvalue weighted by Gasteiger charge is 2.12. The molecule has 0 saturated carbocycles. The molecule has 0 aliphatic heterocycles. The molecule has 0 fully saturated rings. The summed E-state index contributed by atoms with van der Waals surface area (Å²) < 4.78 is 26.5. The van der Waals surface area contributed by atoms with Gasteiger partial charge in [-0.25, -0.2) is 18.6 Å². The van der Waals surface area contributed by atoms with Gasteiger partial charge in [-0.05, 0) is 18.4 Å². The number of isocyanates is 1. The number of nitrogens with zero attached hydrogens (tertiary/aromatic N) is 1. The Bertz CT molecular complexity index is 389. The summed E-state index contributed by atoms with van der Waals surface area (Å²) in [6.07, 6.45) is 2.93. The van der Waals surface area contributed by atoms with Gasteiger partial charge in [0.15, 0.2) is 0 Å². The topological polar surface area (TPSA) is 29.4 Å². The first-order chi connectivity index (χ1) is 6.70. The predicted octanol–water partition coefficient (Wildman–Crippen LogP) is 2.52. The average Bonchev–Trinajstić information content (AvgIpc) is 2.18. The lowest BCUT2D eigenvalue weighted by molar-refractivity contribution is 0.537. The minimum absolute atomic E-state index is 0.194. The summed E-state index contributed by atoms with van der Waals surface area (Å²) >= 11 is 1.17. The van der Waals surface area contributed by atoms with Crippen LogP contribution in [0, 0.1) is 11.6 Å². The van der Waals surface area contributed by atoms with Gasteiger partial charge in [0.25, 0.3) is 0 Å². The quantitative estimate of drug-likeness (QED) is 0.440. The lowest BCUT2D eigenvalue weighted by atomic mass is 10.2. The van der Waals surface area contributed by atoms with Crippen LogP contribution in [-0.2, 0) is 11.3 Å². The van der Waals surface area contributed by atoms with Crippen molar-refractivity contribution < 1.29 is 13.6 Å². The van der Waals surface area contributed by atoms with E-state index < -0.39 is 11.6 Å². The minimum atomic E-state index is -0.695. The van der Waals surface area contributed by atoms with Crippen molar-refractivity contribution in [2.24, 2.45) is 4.99 Å². The maximum Gasteiger partial charge on any atom is 0.235 e. The summed E-state index contributed by atoms with van der Waals surface area (Å²) in [5, 5.41) is 0. The summed E-state index contributed by atoms with van der Waals surface area (Å²) in [4.78, 5) is 13.3. The van der Waals surface area contributed by atoms with E-state index >= 15 is 0 Å². The van der Waals surface area contributed by atoms with E-state index in [0.29, 0.717) is 4.90 Å². The first kappa shape index (κ1) is 10.9. The molecule has 14 heavy (non-hydrogen) atoms. The van der Waals surface area contributed by atoms with E-state index in [0.717, 1.165) is 6.07 Å². The minimum Gasteiger partial charge on any atom is -0.211 e. The molecule has 2 nitrogen and oxygen atoms in total. The normalized spacial score (nSPS) is 9.64. The number of thioether (sulfide) groups is 1. The van der Waals surface area contributed by atoms with Gasteiger partial charge in [0, 0.05) is 10.5 Å². The number of aliphatic imine (C=N–C) groups is 1. The Morgan fingerprint density at radius 2 is 2.21 bits per heavy atom. The molecule has 0 N–H and O–H groups in total. The number of rotatable bonds is 3. The molecule has 0 aromatic heterocycles. The third-order valence-corrected chi connectivity index (χ3v) is 2.43. The molecule has 0 aliphatic carbocycles. The van der Waals surface area contributed by atoms with Gasteiger partial charge < -0.3 is 0 Å². The highest BCUT2D eigenvalue weighted by Crippen LogP contribution is 2.24. The first-order valence-electron chi connectivity index (χ1n) is 3.75. The highest BCUT2D eigenvalue weighted by molar-refractivity contribution is 7.98. The Balaban J connectivity index is 3.17. The van der Waals surface area contributed by atoms with Crippen LogP contribution in [0.25, 0.3) is 0 Å². The number of hydrogen-bond acceptors (Lipinski definition) is 3. The number of benzene rings is 1. The Morgan fingerprint density at radius 1 is 1.50 bits per heavy atom. The molecule has 74 valence electrons. The fourth-order valence-electron chi connectivity index (χ4n) is 0.990. The zero-order valence-corrected chi connectivity index (χ0v) is 8.20. The van der Waals surface area contributed by atoms with E-state index in [2.05, 4.69) is 4.99 Å². The van der Waals surface area contributed by atoms with Crippen LogP contribution in [0.1, 0.15) is 5.56 Å². The van der Waals surface area contributed by atoms with Crippen molar-refractivity contribution in [1.29, 1.82) is 0 Å². The Labute approximate surface area is 84.0 Å². The molecule has 0 aliphatic rings. The van der Waals surface area contributed by atoms with Gasteiger partial charge in [-0.3, -0.25) is 0 Å². The second-order valence-corrected chi connectivity index (χ2v) is 3.30. The molecule has 0 atom stereocenters. The Kier molecular flexibility index (Phi) is 3.80. The summed E-state index contributed by atoms with van der Waals surface area (Å²) in [6.45, 7) is -0.310. The van der Waals surface area contributed by atoms with Gasteiger partial charge in [0.05, 0.1) is 6.54 Å². The fraction of sp³-hybridized carbons (Fsp3) is 0.222. The predicted molar refractivity (Wildman–Crippen MR) is 50.0 cm³/mol. The second kappa shape index (κ2) is 4.88. The molecule has 0 radical (unpaired) electrons. The summed E-state index contributed by atoms with van der Waals surface area (Å²) in [5.41, 5.74) is -0.194. The summed E-state index contributed by atoms with van der Waals surface area (Å²) in [6, 6.07) is 2.51. The van der Waals surface area contributed by atoms with E-state index in [-0.39, 0.29) is 12.1 Å². The Morgan fingerprint density at radius 3 is 2.79 bits per heavy atom. The van der Waals surface area contributed by atoms with E-state index in [4.69, 9.17) is 0 Å². The Hall–Kier alpha value is -1.19. The van der Waals surface area contributed by atoms with Crippen molar-refractivity contribution in [2.75, 3.05) is 6.26 Å². The summed E-state index contributed by atoms with van der Waals surface area (Å²) in [7, 11) is 0. The largest absolute Gasteiger partial charge is 0.235 e. The van der Waals surface area contributed by atoms with Gasteiger partial charge in [0.2, 0.25) is 6.08 Å². The molecule has 0 spiro atoms. The molecule has 1 aromatic carbocycles. The third kappa shape index (κ3) is 2.19. The van der Waals surface area contributed by atoms with Gasteiger partial charge in [0.1, 0.15) is 11.6 Å². The van der Waals surface area contributed by atoms with Crippen molar-refractivity contribution in [3.8, 4) is 0 Å². The molecule has 0 unspecified atom stereocenters. The summed E-state index contributed by atoms with van der Waals surface area (Å²) in [5.74, 6) is -1.35. The maximum absolute atomic E-state index is 13.4. The van der Waals surface area contributed by atoms with Crippen LogP contribution < -0.4 is 0 Å². The molecule has 1 rings (SSSR count). The number of carbonyl (C=O) groups excluding carboxylic acids is 1. The number of hydrogen-bond donors (Lipinski definition) is 0. The molecule has 0 heterocycles. The van der Waals surface area contributed by atoms with Crippen LogP contribution in [0.3, 0.4) is 0 Å². The molecule has 1 aromatic rings. The van der Waals surface area contributed by atoms with Crippen molar-refractivity contribution in [2.45, 2.75) is 11.4 Å². The monoisotopic (exact) mass is 215 g/mol. The third-order valence-electron chi connectivity index (χ3n) is 1.67. The molecular formula is C9H7F2NOS.